The molecule has 0 fully saturated rings. The van der Waals surface area contributed by atoms with Crippen molar-refractivity contribution < 1.29 is 13.2 Å². The Bertz CT molecular complexity index is 937. The van der Waals surface area contributed by atoms with E-state index in [-0.39, 0.29) is 23.3 Å². The average Bonchev–Trinajstić information content (AvgIpc) is 2.61. The van der Waals surface area contributed by atoms with Crippen LogP contribution in [0.2, 0.25) is 0 Å². The summed E-state index contributed by atoms with van der Waals surface area (Å²) in [6.45, 7) is 1.78. The molecule has 2 rings (SSSR count). The molecule has 1 N–H and O–H groups in total. The van der Waals surface area contributed by atoms with Crippen LogP contribution in [0.25, 0.3) is 0 Å². The molecule has 0 radical (unpaired) electrons. The van der Waals surface area contributed by atoms with Crippen molar-refractivity contribution in [3.8, 4) is 6.07 Å². The summed E-state index contributed by atoms with van der Waals surface area (Å²) in [6.07, 6.45) is 0.220. The zero-order chi connectivity index (χ0) is 19.3. The van der Waals surface area contributed by atoms with E-state index in [9.17, 15) is 13.2 Å². The molecule has 0 aromatic heterocycles. The van der Waals surface area contributed by atoms with Gasteiger partial charge in [0, 0.05) is 28.8 Å². The molecule has 0 saturated carbocycles. The molecule has 6 nitrogen and oxygen atoms in total. The van der Waals surface area contributed by atoms with Crippen LogP contribution in [-0.2, 0) is 10.0 Å². The monoisotopic (exact) mass is 435 g/mol. The summed E-state index contributed by atoms with van der Waals surface area (Å²) in [4.78, 5) is 14.1. The van der Waals surface area contributed by atoms with Crippen molar-refractivity contribution in [3.63, 3.8) is 0 Å². The van der Waals surface area contributed by atoms with Crippen LogP contribution in [0.4, 0.5) is 5.69 Å². The number of rotatable bonds is 6. The quantitative estimate of drug-likeness (QED) is 0.749. The second-order valence-electron chi connectivity index (χ2n) is 5.77. The number of amides is 1. The molecule has 0 aliphatic rings. The number of anilines is 1. The average molecular weight is 436 g/mol. The third-order valence-corrected chi connectivity index (χ3v) is 5.78. The van der Waals surface area contributed by atoms with Crippen molar-refractivity contribution in [2.75, 3.05) is 11.8 Å². The molecule has 26 heavy (non-hydrogen) atoms. The lowest BCUT2D eigenvalue weighted by molar-refractivity contribution is 0.0746. The number of nitrogens with zero attached hydrogens (tertiary/aromatic N) is 2. The van der Waals surface area contributed by atoms with Crippen molar-refractivity contribution in [1.82, 2.24) is 4.90 Å². The van der Waals surface area contributed by atoms with Crippen molar-refractivity contribution in [2.24, 2.45) is 0 Å². The Morgan fingerprint density at radius 2 is 1.92 bits per heavy atom. The van der Waals surface area contributed by atoms with Gasteiger partial charge >= 0.3 is 0 Å². The maximum absolute atomic E-state index is 12.5. The first-order chi connectivity index (χ1) is 12.2. The zero-order valence-corrected chi connectivity index (χ0v) is 16.7. The summed E-state index contributed by atoms with van der Waals surface area (Å²) >= 11 is 3.26. The van der Waals surface area contributed by atoms with Crippen LogP contribution >= 0.6 is 15.9 Å². The molecule has 0 bridgehead atoms. The smallest absolute Gasteiger partial charge is 0.261 e. The van der Waals surface area contributed by atoms with Crippen LogP contribution in [0.3, 0.4) is 0 Å². The summed E-state index contributed by atoms with van der Waals surface area (Å²) in [5.41, 5.74) is 0.633. The van der Waals surface area contributed by atoms with E-state index in [0.29, 0.717) is 11.3 Å². The molecule has 136 valence electrons. The van der Waals surface area contributed by atoms with Gasteiger partial charge in [0.15, 0.2) is 0 Å². The first kappa shape index (κ1) is 19.9. The van der Waals surface area contributed by atoms with E-state index in [1.54, 1.807) is 44.3 Å². The van der Waals surface area contributed by atoms with Crippen molar-refractivity contribution in [2.45, 2.75) is 24.3 Å². The number of carbonyl (C=O) groups is 1. The maximum atomic E-state index is 12.5. The summed E-state index contributed by atoms with van der Waals surface area (Å²) in [5.74, 6) is -0.280. The van der Waals surface area contributed by atoms with Crippen LogP contribution in [0.1, 0.15) is 23.7 Å². The standard InChI is InChI=1S/C18H18BrN3O3S/c1-13(10-11-20)22(2)18(23)14-4-3-5-16(12-14)21-26(24,25)17-8-6-15(19)7-9-17/h3-9,12-13,21H,10H2,1-2H3. The predicted octanol–water partition coefficient (Wildman–Crippen LogP) is 3.62. The zero-order valence-electron chi connectivity index (χ0n) is 14.3. The Morgan fingerprint density at radius 1 is 1.27 bits per heavy atom. The molecular weight excluding hydrogens is 418 g/mol. The minimum Gasteiger partial charge on any atom is -0.338 e. The number of halogens is 1. The number of hydrogen-bond acceptors (Lipinski definition) is 4. The predicted molar refractivity (Wildman–Crippen MR) is 103 cm³/mol. The third kappa shape index (κ3) is 4.84. The van der Waals surface area contributed by atoms with E-state index in [4.69, 9.17) is 5.26 Å². The summed E-state index contributed by atoms with van der Waals surface area (Å²) < 4.78 is 28.2. The molecule has 0 spiro atoms. The summed E-state index contributed by atoms with van der Waals surface area (Å²) in [5, 5.41) is 8.77. The van der Waals surface area contributed by atoms with E-state index in [1.807, 2.05) is 6.07 Å². The van der Waals surface area contributed by atoms with Crippen molar-refractivity contribution >= 4 is 37.5 Å². The minimum atomic E-state index is -3.76. The van der Waals surface area contributed by atoms with Gasteiger partial charge in [-0.25, -0.2) is 8.42 Å². The molecule has 1 amide bonds. The number of benzene rings is 2. The first-order valence-corrected chi connectivity index (χ1v) is 10.0. The van der Waals surface area contributed by atoms with Gasteiger partial charge in [-0.15, -0.1) is 0 Å². The van der Waals surface area contributed by atoms with E-state index >= 15 is 0 Å². The number of nitriles is 1. The molecule has 1 unspecified atom stereocenters. The Labute approximate surface area is 161 Å². The van der Waals surface area contributed by atoms with E-state index in [1.165, 1.54) is 23.1 Å². The lowest BCUT2D eigenvalue weighted by Crippen LogP contribution is -2.34. The molecular formula is C18H18BrN3O3S. The van der Waals surface area contributed by atoms with Gasteiger partial charge in [0.05, 0.1) is 17.4 Å². The number of hydrogen-bond donors (Lipinski definition) is 1. The number of nitrogens with one attached hydrogen (secondary N) is 1. The van der Waals surface area contributed by atoms with Crippen LogP contribution in [0.5, 0.6) is 0 Å². The molecule has 0 saturated heterocycles. The van der Waals surface area contributed by atoms with E-state index in [0.717, 1.165) is 4.47 Å². The topological polar surface area (TPSA) is 90.3 Å². The van der Waals surface area contributed by atoms with Crippen LogP contribution < -0.4 is 4.72 Å². The largest absolute Gasteiger partial charge is 0.338 e. The number of carbonyl (C=O) groups excluding carboxylic acids is 1. The van der Waals surface area contributed by atoms with Crippen LogP contribution in [0, 0.1) is 11.3 Å². The van der Waals surface area contributed by atoms with Gasteiger partial charge in [-0.05, 0) is 49.4 Å². The Hall–Kier alpha value is -2.37. The van der Waals surface area contributed by atoms with Gasteiger partial charge in [-0.2, -0.15) is 5.26 Å². The van der Waals surface area contributed by atoms with Crippen LogP contribution in [0.15, 0.2) is 57.9 Å². The molecule has 1 atom stereocenters. The minimum absolute atomic E-state index is 0.122. The van der Waals surface area contributed by atoms with Gasteiger partial charge in [0.25, 0.3) is 15.9 Å². The fourth-order valence-electron chi connectivity index (χ4n) is 2.22. The second kappa shape index (κ2) is 8.34. The molecule has 0 heterocycles. The fraction of sp³-hybridized carbons (Fsp3) is 0.222. The van der Waals surface area contributed by atoms with Crippen molar-refractivity contribution in [3.05, 3.63) is 58.6 Å². The highest BCUT2D eigenvalue weighted by Gasteiger charge is 2.19. The summed E-state index contributed by atoms with van der Waals surface area (Å²) in [7, 11) is -2.14. The highest BCUT2D eigenvalue weighted by Crippen LogP contribution is 2.20. The molecule has 0 aliphatic heterocycles. The molecule has 8 heteroatoms. The van der Waals surface area contributed by atoms with Gasteiger partial charge in [-0.1, -0.05) is 22.0 Å². The van der Waals surface area contributed by atoms with Gasteiger partial charge < -0.3 is 4.90 Å². The Kier molecular flexibility index (Phi) is 6.40. The first-order valence-electron chi connectivity index (χ1n) is 7.77. The second-order valence-corrected chi connectivity index (χ2v) is 8.37. The van der Waals surface area contributed by atoms with Gasteiger partial charge in [-0.3, -0.25) is 9.52 Å². The van der Waals surface area contributed by atoms with E-state index in [2.05, 4.69) is 20.7 Å². The van der Waals surface area contributed by atoms with Gasteiger partial charge in [0.1, 0.15) is 0 Å². The molecule has 2 aromatic rings. The maximum Gasteiger partial charge on any atom is 0.261 e. The number of sulfonamides is 1. The molecule has 0 aliphatic carbocycles. The Balaban J connectivity index is 2.22. The SMILES string of the molecule is CC(CC#N)N(C)C(=O)c1cccc(NS(=O)(=O)c2ccc(Br)cc2)c1. The Morgan fingerprint density at radius 3 is 2.54 bits per heavy atom. The highest BCUT2D eigenvalue weighted by molar-refractivity contribution is 9.10. The molecule has 2 aromatic carbocycles. The lowest BCUT2D eigenvalue weighted by Gasteiger charge is -2.23. The fourth-order valence-corrected chi connectivity index (χ4v) is 3.53. The normalized spacial score (nSPS) is 12.1. The van der Waals surface area contributed by atoms with E-state index < -0.39 is 10.0 Å². The van der Waals surface area contributed by atoms with Crippen molar-refractivity contribution in [1.29, 1.82) is 5.26 Å². The highest BCUT2D eigenvalue weighted by atomic mass is 79.9. The third-order valence-electron chi connectivity index (χ3n) is 3.85. The van der Waals surface area contributed by atoms with Crippen LogP contribution in [-0.4, -0.2) is 32.3 Å². The lowest BCUT2D eigenvalue weighted by atomic mass is 10.1. The summed E-state index contributed by atoms with van der Waals surface area (Å²) in [6, 6.07) is 14.3. The van der Waals surface area contributed by atoms with Gasteiger partial charge in [0.2, 0.25) is 0 Å².